The molecule has 8 heteroatoms. The number of ether oxygens (including phenoxy) is 1. The fraction of sp³-hybridized carbons (Fsp3) is 0.133. The molecule has 3 heterocycles. The third kappa shape index (κ3) is 2.69. The van der Waals surface area contributed by atoms with Gasteiger partial charge >= 0.3 is 0 Å². The van der Waals surface area contributed by atoms with Crippen molar-refractivity contribution in [3.8, 4) is 16.5 Å². The first-order valence-electron chi connectivity index (χ1n) is 6.80. The third-order valence-electron chi connectivity index (χ3n) is 3.37. The van der Waals surface area contributed by atoms with Crippen LogP contribution >= 0.6 is 22.9 Å². The van der Waals surface area contributed by atoms with E-state index in [0.29, 0.717) is 28.2 Å². The highest BCUT2D eigenvalue weighted by atomic mass is 35.5. The van der Waals surface area contributed by atoms with Gasteiger partial charge in [-0.05, 0) is 23.6 Å². The second-order valence-corrected chi connectivity index (χ2v) is 6.25. The summed E-state index contributed by atoms with van der Waals surface area (Å²) in [5, 5.41) is 6.45. The Bertz CT molecular complexity index is 863. The van der Waals surface area contributed by atoms with E-state index in [0.717, 1.165) is 4.88 Å². The predicted octanol–water partition coefficient (Wildman–Crippen LogP) is 3.38. The van der Waals surface area contributed by atoms with Crippen LogP contribution in [0.4, 0.5) is 5.69 Å². The Morgan fingerprint density at radius 2 is 2.26 bits per heavy atom. The summed E-state index contributed by atoms with van der Waals surface area (Å²) in [6, 6.07) is 8.96. The maximum atomic E-state index is 12.2. The van der Waals surface area contributed by atoms with E-state index in [2.05, 4.69) is 10.1 Å². The Kier molecular flexibility index (Phi) is 3.51. The maximum Gasteiger partial charge on any atom is 0.265 e. The molecule has 0 unspecified atom stereocenters. The number of hydrogen-bond acceptors (Lipinski definition) is 6. The lowest BCUT2D eigenvalue weighted by Gasteiger charge is -2.28. The van der Waals surface area contributed by atoms with Crippen molar-refractivity contribution in [2.45, 2.75) is 6.54 Å². The van der Waals surface area contributed by atoms with Crippen LogP contribution in [0.5, 0.6) is 5.75 Å². The van der Waals surface area contributed by atoms with E-state index in [1.807, 2.05) is 17.5 Å². The van der Waals surface area contributed by atoms with Gasteiger partial charge in [0.1, 0.15) is 12.3 Å². The predicted molar refractivity (Wildman–Crippen MR) is 85.7 cm³/mol. The highest BCUT2D eigenvalue weighted by Crippen LogP contribution is 2.35. The molecule has 0 radical (unpaired) electrons. The van der Waals surface area contributed by atoms with Gasteiger partial charge in [0.25, 0.3) is 5.91 Å². The number of hydrogen-bond donors (Lipinski definition) is 0. The SMILES string of the molecule is O=C1COc2cc(Cl)ccc2N1Cc1nc(-c2cccs2)no1. The monoisotopic (exact) mass is 347 g/mol. The summed E-state index contributed by atoms with van der Waals surface area (Å²) in [7, 11) is 0. The van der Waals surface area contributed by atoms with E-state index in [4.69, 9.17) is 20.9 Å². The van der Waals surface area contributed by atoms with Gasteiger partial charge in [-0.25, -0.2) is 0 Å². The summed E-state index contributed by atoms with van der Waals surface area (Å²) in [6.45, 7) is 0.147. The number of nitrogens with zero attached hydrogens (tertiary/aromatic N) is 3. The lowest BCUT2D eigenvalue weighted by molar-refractivity contribution is -0.121. The number of rotatable bonds is 3. The first kappa shape index (κ1) is 14.2. The molecule has 6 nitrogen and oxygen atoms in total. The standard InChI is InChI=1S/C15H10ClN3O3S/c16-9-3-4-10-11(6-9)21-8-14(20)19(10)7-13-17-15(18-22-13)12-2-1-5-23-12/h1-6H,7-8H2. The summed E-state index contributed by atoms with van der Waals surface area (Å²) >= 11 is 7.48. The van der Waals surface area contributed by atoms with Gasteiger partial charge < -0.3 is 9.26 Å². The van der Waals surface area contributed by atoms with E-state index >= 15 is 0 Å². The summed E-state index contributed by atoms with van der Waals surface area (Å²) in [4.78, 5) is 19.0. The summed E-state index contributed by atoms with van der Waals surface area (Å²) in [5.41, 5.74) is 0.640. The Hall–Kier alpha value is -2.38. The number of fused-ring (bicyclic) bond motifs is 1. The van der Waals surface area contributed by atoms with Crippen LogP contribution in [0.3, 0.4) is 0 Å². The van der Waals surface area contributed by atoms with Crippen molar-refractivity contribution >= 4 is 34.5 Å². The number of amides is 1. The summed E-state index contributed by atoms with van der Waals surface area (Å²) in [5.74, 6) is 1.28. The van der Waals surface area contributed by atoms with Gasteiger partial charge in [-0.2, -0.15) is 4.98 Å². The molecule has 116 valence electrons. The fourth-order valence-electron chi connectivity index (χ4n) is 2.31. The lowest BCUT2D eigenvalue weighted by Crippen LogP contribution is -2.38. The van der Waals surface area contributed by atoms with Crippen LogP contribution in [-0.2, 0) is 11.3 Å². The average Bonchev–Trinajstić information content (AvgIpc) is 3.21. The van der Waals surface area contributed by atoms with Crippen LogP contribution in [0.2, 0.25) is 5.02 Å². The second kappa shape index (κ2) is 5.68. The van der Waals surface area contributed by atoms with E-state index in [-0.39, 0.29) is 19.1 Å². The van der Waals surface area contributed by atoms with Crippen LogP contribution in [0.15, 0.2) is 40.2 Å². The van der Waals surface area contributed by atoms with Crippen LogP contribution in [0.25, 0.3) is 10.7 Å². The largest absolute Gasteiger partial charge is 0.482 e. The van der Waals surface area contributed by atoms with E-state index in [1.54, 1.807) is 23.1 Å². The smallest absolute Gasteiger partial charge is 0.265 e. The molecule has 0 fully saturated rings. The van der Waals surface area contributed by atoms with Gasteiger partial charge in [-0.15, -0.1) is 11.3 Å². The second-order valence-electron chi connectivity index (χ2n) is 4.87. The van der Waals surface area contributed by atoms with Crippen molar-refractivity contribution in [3.63, 3.8) is 0 Å². The number of carbonyl (C=O) groups excluding carboxylic acids is 1. The fourth-order valence-corrected chi connectivity index (χ4v) is 3.12. The van der Waals surface area contributed by atoms with E-state index < -0.39 is 0 Å². The van der Waals surface area contributed by atoms with Crippen molar-refractivity contribution < 1.29 is 14.1 Å². The van der Waals surface area contributed by atoms with Crippen LogP contribution in [-0.4, -0.2) is 22.7 Å². The van der Waals surface area contributed by atoms with Gasteiger partial charge in [0.15, 0.2) is 6.61 Å². The highest BCUT2D eigenvalue weighted by molar-refractivity contribution is 7.13. The Balaban J connectivity index is 1.63. The third-order valence-corrected chi connectivity index (χ3v) is 4.47. The topological polar surface area (TPSA) is 68.5 Å². The zero-order chi connectivity index (χ0) is 15.8. The molecule has 0 atom stereocenters. The van der Waals surface area contributed by atoms with Gasteiger partial charge in [0, 0.05) is 11.1 Å². The molecule has 2 aromatic heterocycles. The van der Waals surface area contributed by atoms with Gasteiger partial charge in [0.2, 0.25) is 11.7 Å². The van der Waals surface area contributed by atoms with Crippen LogP contribution in [0, 0.1) is 0 Å². The molecule has 0 spiro atoms. The molecule has 1 aromatic carbocycles. The zero-order valence-corrected chi connectivity index (χ0v) is 13.3. The first-order valence-corrected chi connectivity index (χ1v) is 8.05. The van der Waals surface area contributed by atoms with Gasteiger partial charge in [0.05, 0.1) is 10.6 Å². The van der Waals surface area contributed by atoms with Crippen molar-refractivity contribution in [3.05, 3.63) is 46.6 Å². The minimum atomic E-state index is -0.171. The Labute approximate surface area is 140 Å². The van der Waals surface area contributed by atoms with Crippen molar-refractivity contribution in [1.82, 2.24) is 10.1 Å². The lowest BCUT2D eigenvalue weighted by atomic mass is 10.2. The number of benzene rings is 1. The molecular weight excluding hydrogens is 338 g/mol. The highest BCUT2D eigenvalue weighted by Gasteiger charge is 2.27. The zero-order valence-electron chi connectivity index (χ0n) is 11.7. The molecule has 1 aliphatic rings. The molecule has 0 N–H and O–H groups in total. The maximum absolute atomic E-state index is 12.2. The molecule has 0 saturated carbocycles. The van der Waals surface area contributed by atoms with Crippen LogP contribution < -0.4 is 9.64 Å². The van der Waals surface area contributed by atoms with Crippen molar-refractivity contribution in [1.29, 1.82) is 0 Å². The quantitative estimate of drug-likeness (QED) is 0.726. The minimum Gasteiger partial charge on any atom is -0.482 e. The number of carbonyl (C=O) groups is 1. The summed E-state index contributed by atoms with van der Waals surface area (Å²) < 4.78 is 10.7. The number of anilines is 1. The minimum absolute atomic E-state index is 0.0424. The van der Waals surface area contributed by atoms with Crippen molar-refractivity contribution in [2.75, 3.05) is 11.5 Å². The molecule has 23 heavy (non-hydrogen) atoms. The number of halogens is 1. The Morgan fingerprint density at radius 3 is 3.09 bits per heavy atom. The molecule has 3 aromatic rings. The molecule has 1 aliphatic heterocycles. The number of aromatic nitrogens is 2. The van der Waals surface area contributed by atoms with Gasteiger partial charge in [-0.3, -0.25) is 9.69 Å². The molecular formula is C15H10ClN3O3S. The van der Waals surface area contributed by atoms with Gasteiger partial charge in [-0.1, -0.05) is 22.8 Å². The molecule has 1 amide bonds. The Morgan fingerprint density at radius 1 is 1.35 bits per heavy atom. The molecule has 0 aliphatic carbocycles. The average molecular weight is 348 g/mol. The normalized spacial score (nSPS) is 13.8. The number of thiophene rings is 1. The summed E-state index contributed by atoms with van der Waals surface area (Å²) in [6.07, 6.45) is 0. The first-order chi connectivity index (χ1) is 11.2. The molecule has 0 bridgehead atoms. The van der Waals surface area contributed by atoms with E-state index in [1.165, 1.54) is 11.3 Å². The van der Waals surface area contributed by atoms with Crippen LogP contribution in [0.1, 0.15) is 5.89 Å². The van der Waals surface area contributed by atoms with Crippen molar-refractivity contribution in [2.24, 2.45) is 0 Å². The van der Waals surface area contributed by atoms with E-state index in [9.17, 15) is 4.79 Å². The molecule has 4 rings (SSSR count). The molecule has 0 saturated heterocycles.